The van der Waals surface area contributed by atoms with Crippen LogP contribution in [0.2, 0.25) is 0 Å². The third-order valence-electron chi connectivity index (χ3n) is 4.63. The minimum Gasteiger partial charge on any atom is -0.399 e. The second kappa shape index (κ2) is 6.49. The molecule has 0 bridgehead atoms. The summed E-state index contributed by atoms with van der Waals surface area (Å²) in [6.45, 7) is 2.13. The van der Waals surface area contributed by atoms with Crippen LogP contribution in [0.1, 0.15) is 12.8 Å². The molecule has 1 saturated heterocycles. The molecule has 122 valence electrons. The molecule has 4 nitrogen and oxygen atoms in total. The normalized spacial score (nSPS) is 17.8. The monoisotopic (exact) mass is 318 g/mol. The van der Waals surface area contributed by atoms with Crippen molar-refractivity contribution in [1.82, 2.24) is 10.3 Å². The summed E-state index contributed by atoms with van der Waals surface area (Å²) >= 11 is 0. The highest BCUT2D eigenvalue weighted by molar-refractivity contribution is 5.97. The van der Waals surface area contributed by atoms with Gasteiger partial charge in [-0.1, -0.05) is 12.1 Å². The maximum Gasteiger partial charge on any atom is 0.0429 e. The van der Waals surface area contributed by atoms with E-state index in [1.54, 1.807) is 0 Å². The number of aromatic nitrogens is 1. The number of fused-ring (bicyclic) bond motifs is 1. The van der Waals surface area contributed by atoms with Crippen LogP contribution in [0.5, 0.6) is 0 Å². The minimum absolute atomic E-state index is 0.464. The molecule has 0 spiro atoms. The van der Waals surface area contributed by atoms with Crippen molar-refractivity contribution in [2.75, 3.05) is 24.1 Å². The number of hydrogen-bond donors (Lipinski definition) is 3. The number of rotatable bonds is 3. The van der Waals surface area contributed by atoms with Gasteiger partial charge in [-0.3, -0.25) is 4.98 Å². The lowest BCUT2D eigenvalue weighted by Crippen LogP contribution is -2.38. The van der Waals surface area contributed by atoms with Crippen molar-refractivity contribution in [3.63, 3.8) is 0 Å². The molecule has 1 aromatic heterocycles. The molecule has 1 atom stereocenters. The van der Waals surface area contributed by atoms with E-state index in [0.29, 0.717) is 6.04 Å². The lowest BCUT2D eigenvalue weighted by Gasteiger charge is -2.26. The molecular weight excluding hydrogens is 296 g/mol. The number of nitrogens with one attached hydrogen (secondary N) is 2. The van der Waals surface area contributed by atoms with Crippen LogP contribution in [-0.4, -0.2) is 24.1 Å². The molecule has 0 saturated carbocycles. The number of nitrogens with zero attached hydrogens (tertiary/aromatic N) is 1. The molecule has 4 N–H and O–H groups in total. The van der Waals surface area contributed by atoms with Crippen LogP contribution in [0.3, 0.4) is 0 Å². The number of nitrogens with two attached hydrogens (primary N) is 1. The molecule has 3 aromatic rings. The summed E-state index contributed by atoms with van der Waals surface area (Å²) in [5.74, 6) is 0. The first kappa shape index (κ1) is 15.0. The van der Waals surface area contributed by atoms with E-state index in [2.05, 4.69) is 39.9 Å². The zero-order valence-corrected chi connectivity index (χ0v) is 13.6. The van der Waals surface area contributed by atoms with Crippen molar-refractivity contribution < 1.29 is 0 Å². The van der Waals surface area contributed by atoms with E-state index in [9.17, 15) is 0 Å². The third-order valence-corrected chi connectivity index (χ3v) is 4.63. The van der Waals surface area contributed by atoms with Gasteiger partial charge in [0.1, 0.15) is 0 Å². The SMILES string of the molecule is Nc1cccc(-c2cc(NC3CCCNC3)c3ccncc3c2)c1. The number of anilines is 2. The van der Waals surface area contributed by atoms with Crippen LogP contribution in [0.25, 0.3) is 21.9 Å². The van der Waals surface area contributed by atoms with Crippen LogP contribution in [-0.2, 0) is 0 Å². The molecule has 4 rings (SSSR count). The van der Waals surface area contributed by atoms with Crippen molar-refractivity contribution in [1.29, 1.82) is 0 Å². The van der Waals surface area contributed by atoms with Gasteiger partial charge in [0.15, 0.2) is 0 Å². The zero-order chi connectivity index (χ0) is 16.4. The molecule has 1 unspecified atom stereocenters. The maximum absolute atomic E-state index is 5.96. The van der Waals surface area contributed by atoms with Crippen molar-refractivity contribution >= 4 is 22.1 Å². The highest BCUT2D eigenvalue weighted by Gasteiger charge is 2.14. The largest absolute Gasteiger partial charge is 0.399 e. The van der Waals surface area contributed by atoms with Gasteiger partial charge < -0.3 is 16.4 Å². The Morgan fingerprint density at radius 2 is 2.08 bits per heavy atom. The van der Waals surface area contributed by atoms with Crippen molar-refractivity contribution in [3.8, 4) is 11.1 Å². The summed E-state index contributed by atoms with van der Waals surface area (Å²) in [4.78, 5) is 4.29. The summed E-state index contributed by atoms with van der Waals surface area (Å²) in [6, 6.07) is 15.0. The van der Waals surface area contributed by atoms with Gasteiger partial charge in [-0.05, 0) is 60.8 Å². The Morgan fingerprint density at radius 1 is 1.12 bits per heavy atom. The van der Waals surface area contributed by atoms with Gasteiger partial charge in [0.2, 0.25) is 0 Å². The summed E-state index contributed by atoms with van der Waals surface area (Å²) < 4.78 is 0. The van der Waals surface area contributed by atoms with Gasteiger partial charge in [0.25, 0.3) is 0 Å². The smallest absolute Gasteiger partial charge is 0.0429 e. The van der Waals surface area contributed by atoms with Gasteiger partial charge in [0, 0.05) is 47.1 Å². The number of benzene rings is 2. The van der Waals surface area contributed by atoms with Crippen molar-refractivity contribution in [2.45, 2.75) is 18.9 Å². The van der Waals surface area contributed by atoms with Crippen LogP contribution in [0.4, 0.5) is 11.4 Å². The molecule has 4 heteroatoms. The fraction of sp³-hybridized carbons (Fsp3) is 0.250. The lowest BCUT2D eigenvalue weighted by molar-refractivity contribution is 0.480. The molecule has 1 aliphatic heterocycles. The van der Waals surface area contributed by atoms with Gasteiger partial charge >= 0.3 is 0 Å². The molecule has 0 radical (unpaired) electrons. The van der Waals surface area contributed by atoms with Crippen molar-refractivity contribution in [3.05, 3.63) is 54.9 Å². The quantitative estimate of drug-likeness (QED) is 0.645. The Morgan fingerprint density at radius 3 is 2.92 bits per heavy atom. The molecule has 24 heavy (non-hydrogen) atoms. The first-order valence-electron chi connectivity index (χ1n) is 8.50. The minimum atomic E-state index is 0.464. The standard InChI is InChI=1S/C20H22N4/c21-17-4-1-3-14(10-17)15-9-16-12-23-8-6-19(16)20(11-15)24-18-5-2-7-22-13-18/h1,3-4,6,8-12,18,22,24H,2,5,7,13,21H2. The van der Waals surface area contributed by atoms with E-state index < -0.39 is 0 Å². The van der Waals surface area contributed by atoms with E-state index in [1.165, 1.54) is 23.9 Å². The number of nitrogen functional groups attached to an aromatic ring is 1. The first-order chi connectivity index (χ1) is 11.8. The fourth-order valence-corrected chi connectivity index (χ4v) is 3.41. The van der Waals surface area contributed by atoms with Crippen LogP contribution < -0.4 is 16.4 Å². The summed E-state index contributed by atoms with van der Waals surface area (Å²) in [7, 11) is 0. The van der Waals surface area contributed by atoms with Gasteiger partial charge in [0.05, 0.1) is 0 Å². The average molecular weight is 318 g/mol. The van der Waals surface area contributed by atoms with E-state index in [0.717, 1.165) is 35.3 Å². The highest BCUT2D eigenvalue weighted by atomic mass is 15.0. The number of hydrogen-bond acceptors (Lipinski definition) is 4. The van der Waals surface area contributed by atoms with Crippen molar-refractivity contribution in [2.24, 2.45) is 0 Å². The summed E-state index contributed by atoms with van der Waals surface area (Å²) in [6.07, 6.45) is 6.19. The number of piperidine rings is 1. The van der Waals surface area contributed by atoms with Crippen LogP contribution in [0.15, 0.2) is 54.9 Å². The summed E-state index contributed by atoms with van der Waals surface area (Å²) in [5.41, 5.74) is 10.2. The Bertz CT molecular complexity index is 853. The Labute approximate surface area is 142 Å². The predicted molar refractivity (Wildman–Crippen MR) is 101 cm³/mol. The second-order valence-electron chi connectivity index (χ2n) is 6.43. The zero-order valence-electron chi connectivity index (χ0n) is 13.6. The topological polar surface area (TPSA) is 63.0 Å². The highest BCUT2D eigenvalue weighted by Crippen LogP contribution is 2.32. The average Bonchev–Trinajstić information content (AvgIpc) is 2.62. The van der Waals surface area contributed by atoms with Crippen LogP contribution >= 0.6 is 0 Å². The molecule has 0 amide bonds. The second-order valence-corrected chi connectivity index (χ2v) is 6.43. The predicted octanol–water partition coefficient (Wildman–Crippen LogP) is 3.65. The Balaban J connectivity index is 1.78. The van der Waals surface area contributed by atoms with E-state index >= 15 is 0 Å². The maximum atomic E-state index is 5.96. The van der Waals surface area contributed by atoms with E-state index in [1.807, 2.05) is 30.6 Å². The van der Waals surface area contributed by atoms with Crippen LogP contribution in [0, 0.1) is 0 Å². The molecular formula is C20H22N4. The molecule has 2 heterocycles. The molecule has 1 fully saturated rings. The third kappa shape index (κ3) is 3.05. The van der Waals surface area contributed by atoms with Gasteiger partial charge in [-0.25, -0.2) is 0 Å². The molecule has 1 aliphatic rings. The van der Waals surface area contributed by atoms with Gasteiger partial charge in [-0.15, -0.1) is 0 Å². The molecule has 2 aromatic carbocycles. The lowest BCUT2D eigenvalue weighted by atomic mass is 9.99. The Hall–Kier alpha value is -2.59. The number of pyridine rings is 1. The fourth-order valence-electron chi connectivity index (χ4n) is 3.41. The Kier molecular flexibility index (Phi) is 4.05. The molecule has 0 aliphatic carbocycles. The van der Waals surface area contributed by atoms with Gasteiger partial charge in [-0.2, -0.15) is 0 Å². The van der Waals surface area contributed by atoms with E-state index in [-0.39, 0.29) is 0 Å². The first-order valence-corrected chi connectivity index (χ1v) is 8.50. The summed E-state index contributed by atoms with van der Waals surface area (Å²) in [5, 5.41) is 9.55. The van der Waals surface area contributed by atoms with E-state index in [4.69, 9.17) is 5.73 Å².